The number of hydrogen-bond acceptors (Lipinski definition) is 10. The summed E-state index contributed by atoms with van der Waals surface area (Å²) in [7, 11) is -2.11. The molecule has 31 heavy (non-hydrogen) atoms. The van der Waals surface area contributed by atoms with E-state index in [4.69, 9.17) is 18.4 Å². The molecule has 1 N–H and O–H groups in total. The van der Waals surface area contributed by atoms with Crippen LogP contribution < -0.4 is 48.5 Å². The van der Waals surface area contributed by atoms with Crippen molar-refractivity contribution in [1.29, 1.82) is 0 Å². The first kappa shape index (κ1) is 27.2. The first-order chi connectivity index (χ1) is 14.3. The third-order valence-electron chi connectivity index (χ3n) is 3.12. The fourth-order valence-corrected chi connectivity index (χ4v) is 2.82. The van der Waals surface area contributed by atoms with Crippen LogP contribution in [-0.2, 0) is 15.0 Å². The number of carbonyl (C=O) groups is 2. The average molecular weight is 574 g/mol. The summed E-state index contributed by atoms with van der Waals surface area (Å²) >= 11 is 2.01. The molecule has 0 spiro atoms. The van der Waals surface area contributed by atoms with Crippen LogP contribution in [0.3, 0.4) is 0 Å². The van der Waals surface area contributed by atoms with Crippen LogP contribution in [0, 0.1) is 0 Å². The van der Waals surface area contributed by atoms with Crippen molar-refractivity contribution in [3.63, 3.8) is 0 Å². The van der Waals surface area contributed by atoms with Gasteiger partial charge in [-0.2, -0.15) is 18.4 Å². The van der Waals surface area contributed by atoms with E-state index in [-0.39, 0.29) is 65.2 Å². The van der Waals surface area contributed by atoms with E-state index in [9.17, 15) is 18.0 Å². The van der Waals surface area contributed by atoms with Crippen molar-refractivity contribution in [1.82, 2.24) is 9.97 Å². The summed E-state index contributed by atoms with van der Waals surface area (Å²) in [6.07, 6.45) is 0. The molecular formula is C16H16IN4NaO8S. The van der Waals surface area contributed by atoms with Gasteiger partial charge < -0.3 is 23.7 Å². The normalized spacial score (nSPS) is 10.3. The van der Waals surface area contributed by atoms with Crippen LogP contribution in [-0.4, -0.2) is 55.6 Å². The van der Waals surface area contributed by atoms with Gasteiger partial charge in [0.15, 0.2) is 17.7 Å². The minimum Gasteiger partial charge on any atom is -0.481 e. The van der Waals surface area contributed by atoms with E-state index in [1.807, 2.05) is 22.6 Å². The van der Waals surface area contributed by atoms with Gasteiger partial charge in [-0.3, -0.25) is 9.52 Å². The number of amides is 2. The number of nitrogens with one attached hydrogen (secondary N) is 1. The van der Waals surface area contributed by atoms with Crippen LogP contribution in [0.1, 0.15) is 10.4 Å². The van der Waals surface area contributed by atoms with Gasteiger partial charge in [-0.25, -0.2) is 4.79 Å². The van der Waals surface area contributed by atoms with Crippen molar-refractivity contribution in [2.24, 2.45) is 0 Å². The van der Waals surface area contributed by atoms with Gasteiger partial charge >= 0.3 is 45.8 Å². The van der Waals surface area contributed by atoms with Gasteiger partial charge in [0.2, 0.25) is 11.8 Å². The predicted molar refractivity (Wildman–Crippen MR) is 113 cm³/mol. The van der Waals surface area contributed by atoms with Crippen molar-refractivity contribution in [3.05, 3.63) is 40.6 Å². The molecule has 0 radical (unpaired) electrons. The standard InChI is InChI=1S/C16H17IN4O8S.Na/c1-26-12-9-13(27-2)19-15(18-12)20-16(23)21-30(24,25)29-11-6-4-3-5-10(11)14(22)28-8-7-17;/h3-6,9H,7-8H2,1-2H3,(H2,18,19,20,21,23);/q;+1/p-1. The minimum atomic E-state index is -4.78. The largest absolute Gasteiger partial charge is 1.00 e. The van der Waals surface area contributed by atoms with Crippen LogP contribution in [0.25, 0.3) is 4.72 Å². The number of hydrogen-bond donors (Lipinski definition) is 1. The van der Waals surface area contributed by atoms with Crippen LogP contribution in [0.5, 0.6) is 17.5 Å². The Hall–Kier alpha value is -1.88. The number of esters is 1. The van der Waals surface area contributed by atoms with E-state index in [0.717, 1.165) is 0 Å². The third-order valence-corrected chi connectivity index (χ3v) is 4.34. The third kappa shape index (κ3) is 8.64. The minimum absolute atomic E-state index is 0. The summed E-state index contributed by atoms with van der Waals surface area (Å²) in [5.74, 6) is -1.30. The van der Waals surface area contributed by atoms with Crippen LogP contribution in [0.15, 0.2) is 30.3 Å². The van der Waals surface area contributed by atoms with Gasteiger partial charge in [-0.05, 0) is 12.1 Å². The van der Waals surface area contributed by atoms with E-state index in [1.165, 1.54) is 44.6 Å². The van der Waals surface area contributed by atoms with Gasteiger partial charge in [0.25, 0.3) is 0 Å². The molecule has 0 saturated heterocycles. The Bertz CT molecular complexity index is 1000. The maximum absolute atomic E-state index is 12.1. The summed E-state index contributed by atoms with van der Waals surface area (Å²) in [6.45, 7) is 0.136. The predicted octanol–water partition coefficient (Wildman–Crippen LogP) is -0.681. The smallest absolute Gasteiger partial charge is 0.481 e. The van der Waals surface area contributed by atoms with Crippen LogP contribution in [0.4, 0.5) is 10.7 Å². The summed E-state index contributed by atoms with van der Waals surface area (Å²) in [5, 5.41) is 2.06. The Morgan fingerprint density at radius 2 is 1.74 bits per heavy atom. The van der Waals surface area contributed by atoms with Crippen molar-refractivity contribution >= 4 is 50.8 Å². The van der Waals surface area contributed by atoms with E-state index >= 15 is 0 Å². The number of methoxy groups -OCH3 is 2. The number of anilines is 1. The topological polar surface area (TPSA) is 157 Å². The van der Waals surface area contributed by atoms with Crippen molar-refractivity contribution in [2.75, 3.05) is 30.6 Å². The molecule has 12 nitrogen and oxygen atoms in total. The van der Waals surface area contributed by atoms with E-state index in [1.54, 1.807) is 0 Å². The van der Waals surface area contributed by atoms with Crippen LogP contribution in [0.2, 0.25) is 0 Å². The molecule has 0 unspecified atom stereocenters. The molecule has 2 aromatic rings. The van der Waals surface area contributed by atoms with Crippen molar-refractivity contribution in [2.45, 2.75) is 0 Å². The SMILES string of the molecule is COc1cc(OC)nc(NC(=O)[N-]S(=O)(=O)Oc2ccccc2C(=O)OCCI)n1.[Na+]. The Kier molecular flexibility index (Phi) is 11.3. The monoisotopic (exact) mass is 574 g/mol. The first-order valence-corrected chi connectivity index (χ1v) is 10.9. The molecule has 0 aliphatic carbocycles. The zero-order valence-electron chi connectivity index (χ0n) is 16.7. The molecular weight excluding hydrogens is 558 g/mol. The van der Waals surface area contributed by atoms with Gasteiger partial charge in [0, 0.05) is 4.43 Å². The number of para-hydroxylation sites is 1. The first-order valence-electron chi connectivity index (χ1n) is 8.05. The van der Waals surface area contributed by atoms with E-state index in [2.05, 4.69) is 20.0 Å². The molecule has 1 aromatic carbocycles. The number of alkyl halides is 1. The molecule has 1 heterocycles. The summed E-state index contributed by atoms with van der Waals surface area (Å²) in [6, 6.07) is 5.49. The second-order valence-electron chi connectivity index (χ2n) is 5.13. The quantitative estimate of drug-likeness (QED) is 0.176. The second-order valence-corrected chi connectivity index (χ2v) is 7.41. The number of aromatic nitrogens is 2. The van der Waals surface area contributed by atoms with Gasteiger partial charge in [0.1, 0.15) is 12.2 Å². The zero-order chi connectivity index (χ0) is 22.1. The number of benzene rings is 1. The molecule has 2 amide bonds. The molecule has 0 aliphatic heterocycles. The average Bonchev–Trinajstić information content (AvgIpc) is 2.71. The summed E-state index contributed by atoms with van der Waals surface area (Å²) in [4.78, 5) is 31.7. The molecule has 1 aromatic heterocycles. The molecule has 0 aliphatic rings. The Labute approximate surface area is 214 Å². The fraction of sp³-hybridized carbons (Fsp3) is 0.250. The van der Waals surface area contributed by atoms with Gasteiger partial charge in [-0.1, -0.05) is 34.7 Å². The molecule has 0 bridgehead atoms. The zero-order valence-corrected chi connectivity index (χ0v) is 21.7. The molecule has 162 valence electrons. The number of rotatable bonds is 9. The molecule has 0 fully saturated rings. The Morgan fingerprint density at radius 3 is 2.32 bits per heavy atom. The second kappa shape index (κ2) is 12.8. The fourth-order valence-electron chi connectivity index (χ4n) is 1.94. The maximum Gasteiger partial charge on any atom is 1.00 e. The van der Waals surface area contributed by atoms with Crippen molar-refractivity contribution < 1.29 is 66.0 Å². The number of halogens is 1. The molecule has 0 atom stereocenters. The van der Waals surface area contributed by atoms with E-state index in [0.29, 0.717) is 4.43 Å². The van der Waals surface area contributed by atoms with E-state index < -0.39 is 22.3 Å². The molecule has 15 heteroatoms. The summed E-state index contributed by atoms with van der Waals surface area (Å²) in [5.41, 5.74) is -0.137. The van der Waals surface area contributed by atoms with Gasteiger partial charge in [-0.15, -0.1) is 0 Å². The Morgan fingerprint density at radius 1 is 1.13 bits per heavy atom. The molecule has 2 rings (SSSR count). The number of ether oxygens (including phenoxy) is 3. The van der Waals surface area contributed by atoms with Gasteiger partial charge in [0.05, 0.1) is 20.3 Å². The maximum atomic E-state index is 12.1. The van der Waals surface area contributed by atoms with Crippen molar-refractivity contribution in [3.8, 4) is 17.5 Å². The summed E-state index contributed by atoms with van der Waals surface area (Å²) < 4.78 is 47.4. The number of urea groups is 1. The van der Waals surface area contributed by atoms with Crippen LogP contribution >= 0.6 is 22.6 Å². The Balaban J connectivity index is 0.00000480. The number of nitrogens with zero attached hydrogens (tertiary/aromatic N) is 3. The number of carbonyl (C=O) groups excluding carboxylic acids is 2. The molecule has 0 saturated carbocycles.